The number of hydrogen-bond donors (Lipinski definition) is 8. The summed E-state index contributed by atoms with van der Waals surface area (Å²) in [4.78, 5) is 28.6. The molecule has 10 N–H and O–H groups in total. The van der Waals surface area contributed by atoms with E-state index in [0.29, 0.717) is 5.01 Å². The number of carbonyl (C=O) groups excluding carboxylic acids is 1. The largest absolute Gasteiger partial charge is 0.479 e. The van der Waals surface area contributed by atoms with Crippen LogP contribution in [0.2, 0.25) is 0 Å². The molecule has 204 valence electrons. The molecule has 2 aliphatic heterocycles. The minimum Gasteiger partial charge on any atom is -0.479 e. The number of nitrogens with zero attached hydrogens (tertiary/aromatic N) is 3. The molecular weight excluding hydrogens is 505 g/mol. The number of aliphatic imine (C=N–C) groups is 1. The molecule has 0 aromatic rings. The average molecular weight is 537 g/mol. The predicted octanol–water partition coefficient (Wildman–Crippen LogP) is -3.11. The van der Waals surface area contributed by atoms with E-state index in [0.717, 1.165) is 11.9 Å². The third-order valence-electron chi connectivity index (χ3n) is 5.29. The van der Waals surface area contributed by atoms with E-state index in [9.17, 15) is 34.6 Å². The molecule has 0 aliphatic carbocycles. The van der Waals surface area contributed by atoms with Gasteiger partial charge in [0, 0.05) is 7.05 Å². The number of nitrogens with one attached hydrogen (secondary N) is 2. The Morgan fingerprint density at radius 2 is 1.92 bits per heavy atom. The summed E-state index contributed by atoms with van der Waals surface area (Å²) in [5.41, 5.74) is 5.46. The maximum Gasteiger partial charge on any atom is 0.364 e. The highest BCUT2D eigenvalue weighted by atomic mass is 31.2. The van der Waals surface area contributed by atoms with Crippen LogP contribution in [0.1, 0.15) is 13.8 Å². The summed E-state index contributed by atoms with van der Waals surface area (Å²) in [5, 5.41) is 51.2. The lowest BCUT2D eigenvalue weighted by atomic mass is 10.1. The molecule has 5 unspecified atom stereocenters. The number of hydrazine groups is 1. The van der Waals surface area contributed by atoms with Gasteiger partial charge in [0.05, 0.1) is 26.4 Å². The molecule has 18 heteroatoms. The number of hydrogen-bond acceptors (Lipinski definition) is 14. The Morgan fingerprint density at radius 1 is 1.33 bits per heavy atom. The van der Waals surface area contributed by atoms with Crippen LogP contribution < -0.4 is 16.9 Å². The number of carbonyl (C=O) groups is 2. The maximum absolute atomic E-state index is 13.2. The van der Waals surface area contributed by atoms with E-state index in [2.05, 4.69) is 10.3 Å². The Balaban J connectivity index is 2.47. The second-order valence-corrected chi connectivity index (χ2v) is 9.74. The third-order valence-corrected chi connectivity index (χ3v) is 7.69. The molecule has 0 saturated carbocycles. The lowest BCUT2D eigenvalue weighted by molar-refractivity contribution is -0.139. The van der Waals surface area contributed by atoms with Gasteiger partial charge in [-0.2, -0.15) is 4.99 Å². The number of ether oxygens (including phenoxy) is 1. The molecule has 5 atom stereocenters. The first-order chi connectivity index (χ1) is 16.8. The van der Waals surface area contributed by atoms with Crippen LogP contribution in [0.25, 0.3) is 0 Å². The molecule has 0 bridgehead atoms. The van der Waals surface area contributed by atoms with Crippen molar-refractivity contribution in [2.75, 3.05) is 33.4 Å². The van der Waals surface area contributed by atoms with Crippen LogP contribution in [-0.2, 0) is 27.9 Å². The van der Waals surface area contributed by atoms with Crippen molar-refractivity contribution < 1.29 is 48.4 Å². The van der Waals surface area contributed by atoms with E-state index in [1.165, 1.54) is 13.8 Å². The van der Waals surface area contributed by atoms with Crippen molar-refractivity contribution in [3.63, 3.8) is 0 Å². The molecule has 1 fully saturated rings. The van der Waals surface area contributed by atoms with Gasteiger partial charge in [0.25, 0.3) is 5.91 Å². The summed E-state index contributed by atoms with van der Waals surface area (Å²) >= 11 is 0. The lowest BCUT2D eigenvalue weighted by Crippen LogP contribution is -2.56. The first-order valence-electron chi connectivity index (χ1n) is 10.8. The smallest absolute Gasteiger partial charge is 0.364 e. The number of amidine groups is 2. The van der Waals surface area contributed by atoms with Crippen molar-refractivity contribution in [1.29, 1.82) is 5.41 Å². The highest BCUT2D eigenvalue weighted by Crippen LogP contribution is 2.54. The number of amides is 1. The number of nitrogens with two attached hydrogens (primary N) is 2. The van der Waals surface area contributed by atoms with Crippen LogP contribution in [0.15, 0.2) is 16.4 Å². The van der Waals surface area contributed by atoms with Crippen LogP contribution >= 0.6 is 7.60 Å². The van der Waals surface area contributed by atoms with Gasteiger partial charge < -0.3 is 50.2 Å². The van der Waals surface area contributed by atoms with Crippen molar-refractivity contribution >= 4 is 31.1 Å². The minimum absolute atomic E-state index is 0.133. The number of aliphatic carboxylic acids is 1. The predicted molar refractivity (Wildman–Crippen MR) is 123 cm³/mol. The Bertz CT molecular complexity index is 966. The molecule has 2 heterocycles. The van der Waals surface area contributed by atoms with Gasteiger partial charge >= 0.3 is 13.6 Å². The highest BCUT2D eigenvalue weighted by molar-refractivity contribution is 7.55. The molecule has 0 radical (unpaired) electrons. The summed E-state index contributed by atoms with van der Waals surface area (Å²) in [7, 11) is -3.16. The van der Waals surface area contributed by atoms with E-state index < -0.39 is 73.8 Å². The van der Waals surface area contributed by atoms with Gasteiger partial charge in [-0.1, -0.05) is 0 Å². The fourth-order valence-corrected chi connectivity index (χ4v) is 5.46. The first kappa shape index (κ1) is 29.6. The number of aliphatic hydroxyl groups excluding tert-OH is 3. The highest BCUT2D eigenvalue weighted by Gasteiger charge is 2.48. The standard InChI is InChI=1S/C18H32N7O10P/c1-4-33-36(32,34-5-2)17(18(30)31)24(3)14(20)10(19)11-15(23-9(27)6-22-11)25(21)16-13(29)12(28)8(7-26)35-16/h8,12-13,16-17,20,22,26,28-29H,4-7,19,21H2,1-3H3,(H,30,31)/b11-10+,20-14?. The average Bonchev–Trinajstić information content (AvgIpc) is 3.11. The third kappa shape index (κ3) is 5.84. The Kier molecular flexibility index (Phi) is 9.93. The fourth-order valence-electron chi connectivity index (χ4n) is 3.57. The summed E-state index contributed by atoms with van der Waals surface area (Å²) < 4.78 is 28.8. The van der Waals surface area contributed by atoms with E-state index in [-0.39, 0.29) is 25.5 Å². The summed E-state index contributed by atoms with van der Waals surface area (Å²) in [6, 6.07) is 0. The van der Waals surface area contributed by atoms with Gasteiger partial charge in [-0.25, -0.2) is 10.6 Å². The maximum atomic E-state index is 13.2. The van der Waals surface area contributed by atoms with Crippen molar-refractivity contribution in [3.8, 4) is 0 Å². The molecule has 2 rings (SSSR count). The van der Waals surface area contributed by atoms with Crippen LogP contribution in [0.4, 0.5) is 0 Å². The molecule has 36 heavy (non-hydrogen) atoms. The molecule has 1 saturated heterocycles. The van der Waals surface area contributed by atoms with Crippen molar-refractivity contribution in [2.24, 2.45) is 16.6 Å². The molecule has 2 aliphatic rings. The number of carboxylic acid groups (broad SMARTS) is 1. The second kappa shape index (κ2) is 12.1. The van der Waals surface area contributed by atoms with Gasteiger partial charge in [0.2, 0.25) is 5.78 Å². The van der Waals surface area contributed by atoms with Gasteiger partial charge in [0.1, 0.15) is 35.5 Å². The zero-order chi connectivity index (χ0) is 27.4. The van der Waals surface area contributed by atoms with E-state index >= 15 is 0 Å². The number of aliphatic hydroxyl groups is 3. The topological polar surface area (TPSA) is 267 Å². The lowest BCUT2D eigenvalue weighted by Gasteiger charge is -2.34. The van der Waals surface area contributed by atoms with E-state index in [4.69, 9.17) is 30.8 Å². The quantitative estimate of drug-likeness (QED) is 0.0450. The summed E-state index contributed by atoms with van der Waals surface area (Å²) in [6.45, 7) is 1.72. The molecule has 17 nitrogen and oxygen atoms in total. The summed E-state index contributed by atoms with van der Waals surface area (Å²) in [6.07, 6.45) is -5.77. The van der Waals surface area contributed by atoms with Crippen LogP contribution in [0.3, 0.4) is 0 Å². The molecule has 0 aromatic carbocycles. The normalized spacial score (nSPS) is 26.6. The SMILES string of the molecule is CCOP(=O)(OCC)C(C(=O)O)N(C)C(=N)/C(N)=C1\NCC(=O)N=C1N(N)C1OC(CO)C(O)C1O. The molecule has 1 amide bonds. The minimum atomic E-state index is -4.30. The van der Waals surface area contributed by atoms with Crippen LogP contribution in [0.5, 0.6) is 0 Å². The van der Waals surface area contributed by atoms with Crippen LogP contribution in [-0.4, -0.2) is 118 Å². The molecular formula is C18H32N7O10P. The Morgan fingerprint density at radius 3 is 2.39 bits per heavy atom. The van der Waals surface area contributed by atoms with Crippen LogP contribution in [0, 0.1) is 5.41 Å². The van der Waals surface area contributed by atoms with Gasteiger partial charge in [-0.3, -0.25) is 19.8 Å². The Labute approximate surface area is 206 Å². The van der Waals surface area contributed by atoms with E-state index in [1.807, 2.05) is 0 Å². The number of likely N-dealkylation sites (N-methyl/N-ethyl adjacent to an activating group) is 1. The van der Waals surface area contributed by atoms with E-state index in [1.54, 1.807) is 0 Å². The monoisotopic (exact) mass is 537 g/mol. The number of carboxylic acids is 1. The second-order valence-electron chi connectivity index (χ2n) is 7.65. The number of rotatable bonds is 10. The van der Waals surface area contributed by atoms with Gasteiger partial charge in [-0.15, -0.1) is 0 Å². The summed E-state index contributed by atoms with van der Waals surface area (Å²) in [5.74, 6) is 0.687. The van der Waals surface area contributed by atoms with Crippen molar-refractivity contribution in [3.05, 3.63) is 11.4 Å². The molecule has 0 spiro atoms. The zero-order valence-electron chi connectivity index (χ0n) is 19.9. The van der Waals surface area contributed by atoms with Crippen molar-refractivity contribution in [1.82, 2.24) is 15.2 Å². The fraction of sp³-hybridized carbons (Fsp3) is 0.667. The zero-order valence-corrected chi connectivity index (χ0v) is 20.8. The van der Waals surface area contributed by atoms with Gasteiger partial charge in [0.15, 0.2) is 12.1 Å². The first-order valence-corrected chi connectivity index (χ1v) is 12.4. The molecule has 0 aromatic heterocycles. The Hall–Kier alpha value is -2.63. The van der Waals surface area contributed by atoms with Crippen molar-refractivity contribution in [2.45, 2.75) is 44.2 Å². The van der Waals surface area contributed by atoms with Gasteiger partial charge in [-0.05, 0) is 13.8 Å².